The lowest BCUT2D eigenvalue weighted by atomic mass is 10.1. The van der Waals surface area contributed by atoms with Crippen LogP contribution in [0.25, 0.3) is 10.9 Å². The van der Waals surface area contributed by atoms with Gasteiger partial charge in [0.2, 0.25) is 0 Å². The molecule has 0 radical (unpaired) electrons. The molecule has 118 valence electrons. The number of aromatic carboxylic acids is 1. The first-order valence-corrected chi connectivity index (χ1v) is 10.3. The summed E-state index contributed by atoms with van der Waals surface area (Å²) in [7, 11) is -2.02. The van der Waals surface area contributed by atoms with Gasteiger partial charge in [0.15, 0.2) is 0 Å². The smallest absolute Gasteiger partial charge is 0.338 e. The number of aromatic nitrogens is 1. The van der Waals surface area contributed by atoms with Crippen molar-refractivity contribution in [2.45, 2.75) is 38.9 Å². The van der Waals surface area contributed by atoms with Crippen LogP contribution in [0.2, 0.25) is 23.3 Å². The molecular weight excluding hydrogens is 318 g/mol. The van der Waals surface area contributed by atoms with Crippen molar-refractivity contribution >= 4 is 36.8 Å². The Kier molecular flexibility index (Phi) is 4.23. The van der Waals surface area contributed by atoms with Gasteiger partial charge in [0.05, 0.1) is 5.56 Å². The third-order valence-corrected chi connectivity index (χ3v) is 8.79. The van der Waals surface area contributed by atoms with Gasteiger partial charge >= 0.3 is 5.97 Å². The molecule has 1 N–H and O–H groups in total. The predicted molar refractivity (Wildman–Crippen MR) is 91.5 cm³/mol. The van der Waals surface area contributed by atoms with Crippen LogP contribution in [0.4, 0.5) is 0 Å². The predicted octanol–water partition coefficient (Wildman–Crippen LogP) is 4.97. The van der Waals surface area contributed by atoms with Crippen molar-refractivity contribution in [3.63, 3.8) is 0 Å². The van der Waals surface area contributed by atoms with E-state index in [-0.39, 0.29) is 15.8 Å². The van der Waals surface area contributed by atoms with Gasteiger partial charge in [0.25, 0.3) is 8.32 Å². The second-order valence-corrected chi connectivity index (χ2v) is 11.9. The van der Waals surface area contributed by atoms with E-state index in [0.29, 0.717) is 16.7 Å². The van der Waals surface area contributed by atoms with E-state index in [1.807, 2.05) is 18.2 Å². The molecular formula is C16H20ClNO3Si. The fourth-order valence-electron chi connectivity index (χ4n) is 1.81. The van der Waals surface area contributed by atoms with Crippen LogP contribution in [-0.2, 0) is 0 Å². The Labute approximate surface area is 136 Å². The van der Waals surface area contributed by atoms with Crippen molar-refractivity contribution in [1.29, 1.82) is 0 Å². The molecule has 0 spiro atoms. The van der Waals surface area contributed by atoms with Gasteiger partial charge in [-0.2, -0.15) is 0 Å². The average Bonchev–Trinajstić information content (AvgIpc) is 2.37. The second kappa shape index (κ2) is 5.55. The number of fused-ring (bicyclic) bond motifs is 1. The molecule has 0 fully saturated rings. The summed E-state index contributed by atoms with van der Waals surface area (Å²) in [6.07, 6.45) is 0. The molecule has 0 atom stereocenters. The molecule has 0 saturated carbocycles. The van der Waals surface area contributed by atoms with Crippen molar-refractivity contribution in [1.82, 2.24) is 4.98 Å². The maximum atomic E-state index is 11.2. The van der Waals surface area contributed by atoms with Crippen molar-refractivity contribution in [2.75, 3.05) is 0 Å². The Balaban J connectivity index is 2.57. The third-order valence-electron chi connectivity index (χ3n) is 4.16. The quantitative estimate of drug-likeness (QED) is 0.634. The van der Waals surface area contributed by atoms with Crippen molar-refractivity contribution in [3.8, 4) is 5.75 Å². The van der Waals surface area contributed by atoms with Crippen LogP contribution in [0.5, 0.6) is 5.75 Å². The molecule has 22 heavy (non-hydrogen) atoms. The highest BCUT2D eigenvalue weighted by Crippen LogP contribution is 2.39. The Morgan fingerprint density at radius 1 is 1.32 bits per heavy atom. The fourth-order valence-corrected chi connectivity index (χ4v) is 3.05. The highest BCUT2D eigenvalue weighted by atomic mass is 35.5. The van der Waals surface area contributed by atoms with E-state index in [1.54, 1.807) is 0 Å². The maximum Gasteiger partial charge on any atom is 0.338 e. The molecule has 0 aliphatic rings. The zero-order valence-corrected chi connectivity index (χ0v) is 15.2. The van der Waals surface area contributed by atoms with Gasteiger partial charge in [-0.25, -0.2) is 9.78 Å². The number of carbonyl (C=O) groups is 1. The van der Waals surface area contributed by atoms with Crippen LogP contribution in [0.1, 0.15) is 31.1 Å². The van der Waals surface area contributed by atoms with Crippen LogP contribution >= 0.6 is 11.6 Å². The summed E-state index contributed by atoms with van der Waals surface area (Å²) >= 11 is 6.00. The number of pyridine rings is 1. The Hall–Kier alpha value is -1.59. The SMILES string of the molecule is CC(C)(C)[Si](C)(C)Oc1cccc2cc(C(=O)O)c(Cl)nc12. The Bertz CT molecular complexity index is 738. The zero-order valence-electron chi connectivity index (χ0n) is 13.4. The van der Waals surface area contributed by atoms with E-state index in [0.717, 1.165) is 0 Å². The van der Waals surface area contributed by atoms with E-state index in [9.17, 15) is 4.79 Å². The number of hydrogen-bond donors (Lipinski definition) is 1. The van der Waals surface area contributed by atoms with Gasteiger partial charge < -0.3 is 9.53 Å². The van der Waals surface area contributed by atoms with Crippen LogP contribution < -0.4 is 4.43 Å². The lowest BCUT2D eigenvalue weighted by Crippen LogP contribution is -2.43. The maximum absolute atomic E-state index is 11.2. The van der Waals surface area contributed by atoms with Crippen molar-refractivity contribution < 1.29 is 14.3 Å². The molecule has 6 heteroatoms. The molecule has 0 saturated heterocycles. The minimum absolute atomic E-state index is 0.00126. The van der Waals surface area contributed by atoms with Gasteiger partial charge in [0, 0.05) is 5.39 Å². The van der Waals surface area contributed by atoms with Gasteiger partial charge in [0.1, 0.15) is 16.4 Å². The molecule has 0 bridgehead atoms. The summed E-state index contributed by atoms with van der Waals surface area (Å²) in [5.74, 6) is -0.432. The molecule has 1 heterocycles. The summed E-state index contributed by atoms with van der Waals surface area (Å²) < 4.78 is 6.31. The van der Waals surface area contributed by atoms with E-state index in [4.69, 9.17) is 21.1 Å². The number of halogens is 1. The molecule has 0 unspecified atom stereocenters. The zero-order chi connectivity index (χ0) is 16.7. The van der Waals surface area contributed by atoms with Crippen LogP contribution in [0.15, 0.2) is 24.3 Å². The molecule has 2 rings (SSSR count). The largest absolute Gasteiger partial charge is 0.542 e. The normalized spacial score (nSPS) is 12.5. The van der Waals surface area contributed by atoms with Gasteiger partial charge in [-0.1, -0.05) is 44.5 Å². The summed E-state index contributed by atoms with van der Waals surface area (Å²) in [6, 6.07) is 7.04. The van der Waals surface area contributed by atoms with Crippen molar-refractivity contribution in [3.05, 3.63) is 35.0 Å². The minimum Gasteiger partial charge on any atom is -0.542 e. The van der Waals surface area contributed by atoms with Crippen molar-refractivity contribution in [2.24, 2.45) is 0 Å². The number of benzene rings is 1. The summed E-state index contributed by atoms with van der Waals surface area (Å²) in [4.78, 5) is 15.4. The van der Waals surface area contributed by atoms with Gasteiger partial charge in [-0.3, -0.25) is 0 Å². The van der Waals surface area contributed by atoms with Crippen LogP contribution in [0.3, 0.4) is 0 Å². The number of hydrogen-bond acceptors (Lipinski definition) is 3. The van der Waals surface area contributed by atoms with Crippen LogP contribution in [-0.4, -0.2) is 24.4 Å². The van der Waals surface area contributed by atoms with Crippen LogP contribution in [0, 0.1) is 0 Å². The minimum atomic E-state index is -2.02. The number of para-hydroxylation sites is 1. The highest BCUT2D eigenvalue weighted by Gasteiger charge is 2.39. The molecule has 2 aromatic rings. The summed E-state index contributed by atoms with van der Waals surface area (Å²) in [5, 5.41) is 9.88. The fraction of sp³-hybridized carbons (Fsp3) is 0.375. The monoisotopic (exact) mass is 337 g/mol. The summed E-state index contributed by atoms with van der Waals surface area (Å²) in [5.41, 5.74) is 0.598. The van der Waals surface area contributed by atoms with E-state index >= 15 is 0 Å². The highest BCUT2D eigenvalue weighted by molar-refractivity contribution is 6.74. The molecule has 1 aromatic heterocycles. The molecule has 1 aromatic carbocycles. The molecule has 0 aliphatic carbocycles. The Morgan fingerprint density at radius 2 is 1.95 bits per heavy atom. The standard InChI is InChI=1S/C16H20ClNO3Si/c1-16(2,3)22(4,5)21-12-8-6-7-10-9-11(15(19)20)14(17)18-13(10)12/h6-9H,1-5H3,(H,19,20). The lowest BCUT2D eigenvalue weighted by Gasteiger charge is -2.36. The first-order chi connectivity index (χ1) is 10.0. The third kappa shape index (κ3) is 3.10. The number of nitrogens with zero attached hydrogens (tertiary/aromatic N) is 1. The first kappa shape index (κ1) is 16.8. The summed E-state index contributed by atoms with van der Waals surface area (Å²) in [6.45, 7) is 10.8. The molecule has 4 nitrogen and oxygen atoms in total. The van der Waals surface area contributed by atoms with Gasteiger partial charge in [-0.15, -0.1) is 0 Å². The molecule has 0 amide bonds. The van der Waals surface area contributed by atoms with E-state index in [2.05, 4.69) is 38.8 Å². The average molecular weight is 338 g/mol. The lowest BCUT2D eigenvalue weighted by molar-refractivity contribution is 0.0697. The van der Waals surface area contributed by atoms with E-state index in [1.165, 1.54) is 6.07 Å². The first-order valence-electron chi connectivity index (χ1n) is 7.04. The second-order valence-electron chi connectivity index (χ2n) is 6.82. The number of rotatable bonds is 3. The number of carboxylic acid groups (broad SMARTS) is 1. The number of carboxylic acids is 1. The Morgan fingerprint density at radius 3 is 2.50 bits per heavy atom. The van der Waals surface area contributed by atoms with Gasteiger partial charge in [-0.05, 0) is 30.3 Å². The topological polar surface area (TPSA) is 59.4 Å². The van der Waals surface area contributed by atoms with E-state index < -0.39 is 14.3 Å². The molecule has 0 aliphatic heterocycles.